The summed E-state index contributed by atoms with van der Waals surface area (Å²) in [6, 6.07) is 0. The molecule has 0 saturated carbocycles. The molecule has 0 bridgehead atoms. The number of carbonyl (C=O) groups excluding carboxylic acids is 1. The van der Waals surface area contributed by atoms with Crippen LogP contribution in [0.4, 0.5) is 0 Å². The van der Waals surface area contributed by atoms with Crippen molar-refractivity contribution in [3.05, 3.63) is 0 Å². The molecule has 0 rings (SSSR count). The lowest BCUT2D eigenvalue weighted by molar-refractivity contribution is -0.117. The molecule has 3 N–H and O–H groups in total. The smallest absolute Gasteiger partial charge is 0.370 e. The quantitative estimate of drug-likeness (QED) is 0.492. The average molecular weight is 138 g/mol. The standard InChI is InChI=1S/C3H7NO.HO2P/c1-2-3(4)5;1-3-2/h2H2,1H3,(H2,4,5);3H/p+1. The zero-order valence-corrected chi connectivity index (χ0v) is 5.55. The molecule has 0 aliphatic rings. The summed E-state index contributed by atoms with van der Waals surface area (Å²) in [7, 11) is -1.17. The summed E-state index contributed by atoms with van der Waals surface area (Å²) in [4.78, 5) is 16.6. The molecule has 0 aliphatic carbocycles. The van der Waals surface area contributed by atoms with Crippen LogP contribution in [0.3, 0.4) is 0 Å². The van der Waals surface area contributed by atoms with Crippen molar-refractivity contribution in [2.45, 2.75) is 13.3 Å². The van der Waals surface area contributed by atoms with E-state index in [0.29, 0.717) is 6.42 Å². The number of hydrogen-bond acceptors (Lipinski definition) is 2. The summed E-state index contributed by atoms with van der Waals surface area (Å²) in [6.07, 6.45) is 0.444. The Balaban J connectivity index is 0. The second kappa shape index (κ2) is 9.73. The molecular formula is C3H9NO3P+. The Kier molecular flexibility index (Phi) is 12.8. The summed E-state index contributed by atoms with van der Waals surface area (Å²) in [5.41, 5.74) is 4.65. The van der Waals surface area contributed by atoms with Gasteiger partial charge in [0.2, 0.25) is 5.91 Å². The van der Waals surface area contributed by atoms with Gasteiger partial charge in [0, 0.05) is 6.42 Å². The summed E-state index contributed by atoms with van der Waals surface area (Å²) in [5.74, 6) is -0.245. The van der Waals surface area contributed by atoms with E-state index in [-0.39, 0.29) is 5.91 Å². The number of primary amides is 1. The Bertz CT molecular complexity index is 74.9. The zero-order valence-electron chi connectivity index (χ0n) is 4.55. The van der Waals surface area contributed by atoms with Gasteiger partial charge >= 0.3 is 8.69 Å². The third kappa shape index (κ3) is 48.5. The third-order valence-corrected chi connectivity index (χ3v) is 0.348. The van der Waals surface area contributed by atoms with Crippen LogP contribution < -0.4 is 5.73 Å². The van der Waals surface area contributed by atoms with Gasteiger partial charge in [0.25, 0.3) is 0 Å². The van der Waals surface area contributed by atoms with E-state index in [1.54, 1.807) is 6.92 Å². The highest BCUT2D eigenvalue weighted by atomic mass is 31.1. The monoisotopic (exact) mass is 138 g/mol. The van der Waals surface area contributed by atoms with Crippen molar-refractivity contribution in [1.29, 1.82) is 0 Å². The van der Waals surface area contributed by atoms with Gasteiger partial charge in [0.15, 0.2) is 0 Å². The van der Waals surface area contributed by atoms with Crippen molar-refractivity contribution in [3.63, 3.8) is 0 Å². The Morgan fingerprint density at radius 2 is 2.00 bits per heavy atom. The highest BCUT2D eigenvalue weighted by molar-refractivity contribution is 7.16. The molecule has 0 spiro atoms. The van der Waals surface area contributed by atoms with Crippen molar-refractivity contribution in [3.8, 4) is 0 Å². The Labute approximate surface area is 49.0 Å². The van der Waals surface area contributed by atoms with Crippen LogP contribution >= 0.6 is 8.69 Å². The minimum atomic E-state index is -1.17. The van der Waals surface area contributed by atoms with Gasteiger partial charge in [0.1, 0.15) is 0 Å². The highest BCUT2D eigenvalue weighted by Gasteiger charge is 1.77. The molecule has 8 heavy (non-hydrogen) atoms. The van der Waals surface area contributed by atoms with E-state index in [4.69, 9.17) is 9.46 Å². The SMILES string of the molecule is CCC(N)=O.O=[PH+]O. The maximum Gasteiger partial charge on any atom is 0.491 e. The van der Waals surface area contributed by atoms with Gasteiger partial charge in [0.05, 0.1) is 0 Å². The van der Waals surface area contributed by atoms with E-state index in [2.05, 4.69) is 5.73 Å². The summed E-state index contributed by atoms with van der Waals surface area (Å²) in [5, 5.41) is 0. The van der Waals surface area contributed by atoms with E-state index in [0.717, 1.165) is 0 Å². The van der Waals surface area contributed by atoms with Gasteiger partial charge < -0.3 is 5.73 Å². The third-order valence-electron chi connectivity index (χ3n) is 0.348. The van der Waals surface area contributed by atoms with Crippen LogP contribution in [0.5, 0.6) is 0 Å². The van der Waals surface area contributed by atoms with Crippen LogP contribution in [-0.4, -0.2) is 10.8 Å². The lowest BCUT2D eigenvalue weighted by Crippen LogP contribution is -2.06. The van der Waals surface area contributed by atoms with Crippen molar-refractivity contribution in [2.24, 2.45) is 5.73 Å². The van der Waals surface area contributed by atoms with Crippen LogP contribution in [0.1, 0.15) is 13.3 Å². The highest BCUT2D eigenvalue weighted by Crippen LogP contribution is 1.66. The minimum Gasteiger partial charge on any atom is -0.370 e. The molecule has 0 heterocycles. The van der Waals surface area contributed by atoms with E-state index < -0.39 is 8.69 Å². The first-order valence-electron chi connectivity index (χ1n) is 1.98. The number of carbonyl (C=O) groups is 1. The average Bonchev–Trinajstić information content (AvgIpc) is 1.69. The first kappa shape index (κ1) is 10.5. The van der Waals surface area contributed by atoms with Crippen LogP contribution in [0.15, 0.2) is 0 Å². The molecule has 0 radical (unpaired) electrons. The van der Waals surface area contributed by atoms with Crippen LogP contribution in [-0.2, 0) is 9.36 Å². The van der Waals surface area contributed by atoms with Gasteiger partial charge in [-0.1, -0.05) is 6.92 Å². The number of hydrogen-bond donors (Lipinski definition) is 2. The first-order chi connectivity index (χ1) is 3.68. The molecule has 48 valence electrons. The summed E-state index contributed by atoms with van der Waals surface area (Å²) >= 11 is 0. The van der Waals surface area contributed by atoms with E-state index in [9.17, 15) is 4.79 Å². The Hall–Kier alpha value is -0.470. The largest absolute Gasteiger partial charge is 0.491 e. The molecule has 4 nitrogen and oxygen atoms in total. The molecule has 0 aromatic rings. The molecule has 0 fully saturated rings. The fourth-order valence-corrected chi connectivity index (χ4v) is 0. The molecule has 0 aromatic carbocycles. The van der Waals surface area contributed by atoms with Crippen LogP contribution in [0.2, 0.25) is 0 Å². The second-order valence-corrected chi connectivity index (χ2v) is 1.09. The van der Waals surface area contributed by atoms with Gasteiger partial charge in [-0.15, -0.1) is 0 Å². The predicted octanol–water partition coefficient (Wildman–Crippen LogP) is -0.201. The molecule has 0 saturated heterocycles. The predicted molar refractivity (Wildman–Crippen MR) is 30.7 cm³/mol. The van der Waals surface area contributed by atoms with Crippen LogP contribution in [0.25, 0.3) is 0 Å². The van der Waals surface area contributed by atoms with Crippen molar-refractivity contribution in [2.75, 3.05) is 0 Å². The van der Waals surface area contributed by atoms with Gasteiger partial charge in [-0.25, -0.2) is 0 Å². The van der Waals surface area contributed by atoms with Gasteiger partial charge in [-0.2, -0.15) is 4.89 Å². The van der Waals surface area contributed by atoms with E-state index >= 15 is 0 Å². The maximum absolute atomic E-state index is 9.59. The molecule has 1 amide bonds. The molecule has 5 heteroatoms. The summed E-state index contributed by atoms with van der Waals surface area (Å²) in [6.45, 7) is 1.72. The fourth-order valence-electron chi connectivity index (χ4n) is 0. The molecule has 1 atom stereocenters. The first-order valence-corrected chi connectivity index (χ1v) is 2.84. The van der Waals surface area contributed by atoms with E-state index in [1.807, 2.05) is 0 Å². The minimum absolute atomic E-state index is 0.245. The van der Waals surface area contributed by atoms with Crippen LogP contribution in [0, 0.1) is 0 Å². The number of nitrogens with two attached hydrogens (primary N) is 1. The fraction of sp³-hybridized carbons (Fsp3) is 0.667. The van der Waals surface area contributed by atoms with Crippen molar-refractivity contribution in [1.82, 2.24) is 0 Å². The van der Waals surface area contributed by atoms with Gasteiger partial charge in [-0.3, -0.25) is 4.79 Å². The molecular weight excluding hydrogens is 129 g/mol. The topological polar surface area (TPSA) is 80.4 Å². The Morgan fingerprint density at radius 3 is 2.00 bits per heavy atom. The maximum atomic E-state index is 9.59. The summed E-state index contributed by atoms with van der Waals surface area (Å²) < 4.78 is 8.51. The van der Waals surface area contributed by atoms with E-state index in [1.165, 1.54) is 0 Å². The van der Waals surface area contributed by atoms with Crippen molar-refractivity contribution >= 4 is 14.6 Å². The Morgan fingerprint density at radius 1 is 1.88 bits per heavy atom. The lowest BCUT2D eigenvalue weighted by Gasteiger charge is -1.73. The van der Waals surface area contributed by atoms with Crippen molar-refractivity contribution < 1.29 is 14.3 Å². The lowest BCUT2D eigenvalue weighted by atomic mass is 10.5. The molecule has 0 aromatic heterocycles. The normalized spacial score (nSPS) is 7.25. The molecule has 1 unspecified atom stereocenters. The zero-order chi connectivity index (χ0) is 6.99. The second-order valence-electron chi connectivity index (χ2n) is 0.911. The van der Waals surface area contributed by atoms with Gasteiger partial charge in [-0.05, 0) is 4.57 Å². The molecule has 0 aliphatic heterocycles. The number of rotatable bonds is 1. The number of amides is 1.